The van der Waals surface area contributed by atoms with E-state index in [-0.39, 0.29) is 0 Å². The van der Waals surface area contributed by atoms with E-state index in [2.05, 4.69) is 9.98 Å². The molecule has 1 aromatic carbocycles. The summed E-state index contributed by atoms with van der Waals surface area (Å²) in [7, 11) is 0. The van der Waals surface area contributed by atoms with Crippen LogP contribution < -0.4 is 0 Å². The van der Waals surface area contributed by atoms with Gasteiger partial charge in [-0.2, -0.15) is 0 Å². The molecular formula is C11H6Cl2N2O2S2. The van der Waals surface area contributed by atoms with Crippen LogP contribution in [0.4, 0.5) is 0 Å². The summed E-state index contributed by atoms with van der Waals surface area (Å²) in [4.78, 5) is 19.5. The van der Waals surface area contributed by atoms with Crippen LogP contribution in [0.25, 0.3) is 10.2 Å². The number of fused-ring (bicyclic) bond motifs is 1. The van der Waals surface area contributed by atoms with E-state index in [1.54, 1.807) is 12.1 Å². The van der Waals surface area contributed by atoms with Gasteiger partial charge in [0, 0.05) is 5.75 Å². The van der Waals surface area contributed by atoms with Gasteiger partial charge >= 0.3 is 5.97 Å². The Bertz CT molecular complexity index is 714. The van der Waals surface area contributed by atoms with Crippen LogP contribution in [0.15, 0.2) is 17.1 Å². The molecule has 1 N–H and O–H groups in total. The average Bonchev–Trinajstić information content (AvgIpc) is 2.99. The highest BCUT2D eigenvalue weighted by atomic mass is 35.5. The molecule has 0 spiro atoms. The molecule has 4 nitrogen and oxygen atoms in total. The Balaban J connectivity index is 2.05. The lowest BCUT2D eigenvalue weighted by Gasteiger charge is -1.93. The number of rotatable bonds is 2. The number of benzene rings is 1. The Kier molecular flexibility index (Phi) is 3.42. The quantitative estimate of drug-likeness (QED) is 0.913. The molecule has 8 heteroatoms. The van der Waals surface area contributed by atoms with Crippen molar-refractivity contribution in [3.63, 3.8) is 0 Å². The lowest BCUT2D eigenvalue weighted by Crippen LogP contribution is -2.17. The van der Waals surface area contributed by atoms with E-state index in [1.807, 2.05) is 0 Å². The van der Waals surface area contributed by atoms with Crippen LogP contribution in [0.1, 0.15) is 5.01 Å². The molecule has 0 saturated heterocycles. The number of hydrogen-bond donors (Lipinski definition) is 1. The van der Waals surface area contributed by atoms with E-state index < -0.39 is 12.0 Å². The maximum Gasteiger partial charge on any atom is 0.329 e. The molecule has 0 saturated carbocycles. The Morgan fingerprint density at radius 2 is 2.21 bits per heavy atom. The van der Waals surface area contributed by atoms with Crippen molar-refractivity contribution in [2.24, 2.45) is 4.99 Å². The molecule has 2 aromatic rings. The third kappa shape index (κ3) is 2.33. The smallest absolute Gasteiger partial charge is 0.329 e. The zero-order valence-corrected chi connectivity index (χ0v) is 12.4. The maximum atomic E-state index is 10.9. The number of halogens is 2. The molecule has 2 heterocycles. The highest BCUT2D eigenvalue weighted by Gasteiger charge is 2.27. The monoisotopic (exact) mass is 332 g/mol. The summed E-state index contributed by atoms with van der Waals surface area (Å²) in [5, 5.41) is 11.2. The van der Waals surface area contributed by atoms with Gasteiger partial charge in [-0.3, -0.25) is 4.99 Å². The summed E-state index contributed by atoms with van der Waals surface area (Å²) in [5.74, 6) is -0.473. The minimum atomic E-state index is -0.912. The first-order chi connectivity index (χ1) is 9.06. The van der Waals surface area contributed by atoms with Crippen molar-refractivity contribution in [3.8, 4) is 0 Å². The van der Waals surface area contributed by atoms with Crippen LogP contribution in [0, 0.1) is 0 Å². The van der Waals surface area contributed by atoms with Crippen LogP contribution in [-0.2, 0) is 4.79 Å². The van der Waals surface area contributed by atoms with Crippen molar-refractivity contribution in [2.45, 2.75) is 6.04 Å². The van der Waals surface area contributed by atoms with Crippen molar-refractivity contribution in [1.29, 1.82) is 0 Å². The number of aromatic nitrogens is 1. The van der Waals surface area contributed by atoms with Gasteiger partial charge in [-0.25, -0.2) is 9.78 Å². The Labute approximate surface area is 126 Å². The molecule has 0 aliphatic carbocycles. The highest BCUT2D eigenvalue weighted by molar-refractivity contribution is 8.15. The first-order valence-corrected chi connectivity index (χ1v) is 7.80. The van der Waals surface area contributed by atoms with E-state index in [4.69, 9.17) is 28.3 Å². The average molecular weight is 333 g/mol. The highest BCUT2D eigenvalue weighted by Crippen LogP contribution is 2.36. The summed E-state index contributed by atoms with van der Waals surface area (Å²) < 4.78 is 0.797. The largest absolute Gasteiger partial charge is 0.480 e. The Hall–Kier alpha value is -0.820. The number of aliphatic carboxylic acids is 1. The van der Waals surface area contributed by atoms with Gasteiger partial charge in [0.2, 0.25) is 0 Å². The normalized spacial score (nSPS) is 18.8. The number of carboxylic acid groups (broad SMARTS) is 1. The standard InChI is InChI=1S/C11H6Cl2N2O2S2/c12-4-1-2-5-8(7(4)13)19-10(14-5)9-15-6(3-18-9)11(16)17/h1-2,6H,3H2,(H,16,17). The van der Waals surface area contributed by atoms with Gasteiger partial charge in [0.05, 0.1) is 20.3 Å². The first kappa shape index (κ1) is 13.2. The molecule has 19 heavy (non-hydrogen) atoms. The lowest BCUT2D eigenvalue weighted by atomic mass is 10.3. The molecule has 1 aliphatic heterocycles. The predicted octanol–water partition coefficient (Wildman–Crippen LogP) is 3.55. The zero-order chi connectivity index (χ0) is 13.6. The molecule has 3 rings (SSSR count). The third-order valence-corrected chi connectivity index (χ3v) is 5.76. The number of carbonyl (C=O) groups is 1. The maximum absolute atomic E-state index is 10.9. The number of nitrogens with zero attached hydrogens (tertiary/aromatic N) is 2. The molecule has 98 valence electrons. The molecule has 1 atom stereocenters. The second kappa shape index (κ2) is 4.94. The van der Waals surface area contributed by atoms with Crippen molar-refractivity contribution in [2.75, 3.05) is 5.75 Å². The fraction of sp³-hybridized carbons (Fsp3) is 0.182. The van der Waals surface area contributed by atoms with E-state index in [1.165, 1.54) is 23.1 Å². The summed E-state index contributed by atoms with van der Waals surface area (Å²) in [5.41, 5.74) is 0.747. The van der Waals surface area contributed by atoms with Crippen LogP contribution in [0.5, 0.6) is 0 Å². The van der Waals surface area contributed by atoms with Crippen molar-refractivity contribution in [1.82, 2.24) is 4.98 Å². The van der Waals surface area contributed by atoms with Crippen LogP contribution in [-0.4, -0.2) is 32.9 Å². The molecule has 0 radical (unpaired) electrons. The minimum Gasteiger partial charge on any atom is -0.480 e. The minimum absolute atomic E-state index is 0.440. The lowest BCUT2D eigenvalue weighted by molar-refractivity contribution is -0.137. The van der Waals surface area contributed by atoms with Gasteiger partial charge in [-0.05, 0) is 12.1 Å². The van der Waals surface area contributed by atoms with Gasteiger partial charge in [0.1, 0.15) is 10.1 Å². The van der Waals surface area contributed by atoms with E-state index in [0.717, 1.165) is 10.2 Å². The number of aliphatic imine (C=N–C) groups is 1. The molecular weight excluding hydrogens is 327 g/mol. The topological polar surface area (TPSA) is 62.5 Å². The van der Waals surface area contributed by atoms with Gasteiger partial charge in [0.15, 0.2) is 6.04 Å². The van der Waals surface area contributed by atoms with Crippen molar-refractivity contribution < 1.29 is 9.90 Å². The van der Waals surface area contributed by atoms with Crippen LogP contribution >= 0.6 is 46.3 Å². The summed E-state index contributed by atoms with van der Waals surface area (Å²) in [6, 6.07) is 2.80. The Morgan fingerprint density at radius 1 is 1.42 bits per heavy atom. The predicted molar refractivity (Wildman–Crippen MR) is 80.1 cm³/mol. The number of thiazole rings is 1. The number of carboxylic acids is 1. The van der Waals surface area contributed by atoms with Crippen LogP contribution in [0.2, 0.25) is 10.0 Å². The second-order valence-electron chi connectivity index (χ2n) is 3.83. The fourth-order valence-electron chi connectivity index (χ4n) is 1.64. The van der Waals surface area contributed by atoms with Crippen LogP contribution in [0.3, 0.4) is 0 Å². The van der Waals surface area contributed by atoms with E-state index in [0.29, 0.717) is 25.8 Å². The number of thioether (sulfide) groups is 1. The summed E-state index contributed by atoms with van der Waals surface area (Å²) in [6.07, 6.45) is 0. The SMILES string of the molecule is O=C(O)C1CSC(c2nc3ccc(Cl)c(Cl)c3s2)=N1. The first-order valence-electron chi connectivity index (χ1n) is 5.24. The summed E-state index contributed by atoms with van der Waals surface area (Å²) >= 11 is 14.9. The zero-order valence-electron chi connectivity index (χ0n) is 9.26. The molecule has 0 amide bonds. The third-order valence-electron chi connectivity index (χ3n) is 2.57. The van der Waals surface area contributed by atoms with Gasteiger partial charge in [0.25, 0.3) is 0 Å². The molecule has 1 unspecified atom stereocenters. The summed E-state index contributed by atoms with van der Waals surface area (Å²) in [6.45, 7) is 0. The van der Waals surface area contributed by atoms with Gasteiger partial charge < -0.3 is 5.11 Å². The molecule has 1 aliphatic rings. The second-order valence-corrected chi connectivity index (χ2v) is 6.62. The van der Waals surface area contributed by atoms with Gasteiger partial charge in [-0.15, -0.1) is 23.1 Å². The molecule has 1 aromatic heterocycles. The van der Waals surface area contributed by atoms with Gasteiger partial charge in [-0.1, -0.05) is 23.2 Å². The molecule has 0 fully saturated rings. The molecule has 0 bridgehead atoms. The van der Waals surface area contributed by atoms with Crippen molar-refractivity contribution in [3.05, 3.63) is 27.2 Å². The van der Waals surface area contributed by atoms with Crippen molar-refractivity contribution >= 4 is 67.5 Å². The van der Waals surface area contributed by atoms with E-state index >= 15 is 0 Å². The Morgan fingerprint density at radius 3 is 2.89 bits per heavy atom. The fourth-order valence-corrected chi connectivity index (χ4v) is 4.23. The number of hydrogen-bond acceptors (Lipinski definition) is 5. The van der Waals surface area contributed by atoms with E-state index in [9.17, 15) is 4.79 Å².